The number of ketones is 2. The van der Waals surface area contributed by atoms with Crippen LogP contribution >= 0.6 is 0 Å². The van der Waals surface area contributed by atoms with Gasteiger partial charge in [0.15, 0.2) is 0 Å². The van der Waals surface area contributed by atoms with E-state index in [4.69, 9.17) is 0 Å². The molecule has 0 heterocycles. The van der Waals surface area contributed by atoms with Crippen LogP contribution in [0, 0.1) is 11.8 Å². The number of hydrogen-bond donors (Lipinski definition) is 0. The molecule has 0 N–H and O–H groups in total. The smallest absolute Gasteiger partial charge is 0.205 e. The first-order chi connectivity index (χ1) is 14.7. The van der Waals surface area contributed by atoms with Gasteiger partial charge >= 0.3 is 0 Å². The molecule has 0 rings (SSSR count). The highest BCUT2D eigenvalue weighted by Crippen LogP contribution is 2.12. The third kappa shape index (κ3) is 23.2. The third-order valence-electron chi connectivity index (χ3n) is 5.86. The lowest BCUT2D eigenvalue weighted by atomic mass is 10.0. The van der Waals surface area contributed by atoms with Crippen molar-refractivity contribution >= 4 is 11.6 Å². The lowest BCUT2D eigenvalue weighted by Crippen LogP contribution is -1.97. The van der Waals surface area contributed by atoms with Gasteiger partial charge in [-0.05, 0) is 24.7 Å². The Morgan fingerprint density at radius 1 is 0.400 bits per heavy atom. The van der Waals surface area contributed by atoms with Gasteiger partial charge in [-0.2, -0.15) is 0 Å². The minimum Gasteiger partial charge on any atom is -0.285 e. The number of rotatable bonds is 22. The van der Waals surface area contributed by atoms with Crippen molar-refractivity contribution < 1.29 is 9.59 Å². The maximum atomic E-state index is 11.8. The largest absolute Gasteiger partial charge is 0.285 e. The van der Waals surface area contributed by atoms with Crippen molar-refractivity contribution in [3.05, 3.63) is 0 Å². The predicted octanol–water partition coefficient (Wildman–Crippen LogP) is 8.75. The summed E-state index contributed by atoms with van der Waals surface area (Å²) < 4.78 is 0. The Bertz CT molecular complexity index is 415. The molecule has 0 aromatic rings. The van der Waals surface area contributed by atoms with Gasteiger partial charge in [0.1, 0.15) is 0 Å². The van der Waals surface area contributed by atoms with Crippen LogP contribution in [0.15, 0.2) is 0 Å². The second kappa shape index (κ2) is 24.2. The minimum atomic E-state index is -0.0639. The van der Waals surface area contributed by atoms with Gasteiger partial charge in [-0.3, -0.25) is 9.59 Å². The second-order valence-electron chi connectivity index (χ2n) is 8.96. The summed E-state index contributed by atoms with van der Waals surface area (Å²) in [6.07, 6.45) is 26.2. The maximum absolute atomic E-state index is 11.8. The van der Waals surface area contributed by atoms with Crippen LogP contribution in [0.3, 0.4) is 0 Å². The molecular weight excluding hydrogens is 368 g/mol. The molecule has 0 saturated carbocycles. The fourth-order valence-electron chi connectivity index (χ4n) is 3.81. The van der Waals surface area contributed by atoms with E-state index < -0.39 is 0 Å². The highest BCUT2D eigenvalue weighted by Gasteiger charge is 2.01. The topological polar surface area (TPSA) is 34.1 Å². The fourth-order valence-corrected chi connectivity index (χ4v) is 3.81. The molecule has 0 radical (unpaired) electrons. The number of carbonyl (C=O) groups is 2. The van der Waals surface area contributed by atoms with Gasteiger partial charge in [-0.1, -0.05) is 129 Å². The van der Waals surface area contributed by atoms with E-state index in [0.717, 1.165) is 25.7 Å². The summed E-state index contributed by atoms with van der Waals surface area (Å²) in [6, 6.07) is 0. The van der Waals surface area contributed by atoms with Crippen molar-refractivity contribution in [3.63, 3.8) is 0 Å². The Morgan fingerprint density at radius 3 is 0.900 bits per heavy atom. The van der Waals surface area contributed by atoms with Crippen LogP contribution in [0.1, 0.15) is 155 Å². The van der Waals surface area contributed by atoms with Crippen LogP contribution < -0.4 is 0 Å². The number of hydrogen-bond acceptors (Lipinski definition) is 2. The highest BCUT2D eigenvalue weighted by atomic mass is 16.1. The zero-order valence-corrected chi connectivity index (χ0v) is 20.4. The predicted molar refractivity (Wildman–Crippen MR) is 131 cm³/mol. The van der Waals surface area contributed by atoms with Gasteiger partial charge in [0.2, 0.25) is 11.6 Å². The van der Waals surface area contributed by atoms with E-state index in [0.29, 0.717) is 12.8 Å². The zero-order chi connectivity index (χ0) is 22.1. The first kappa shape index (κ1) is 28.9. The Hall–Kier alpha value is -1.10. The van der Waals surface area contributed by atoms with Crippen LogP contribution in [0.4, 0.5) is 0 Å². The molecule has 0 amide bonds. The van der Waals surface area contributed by atoms with E-state index >= 15 is 0 Å². The molecule has 0 unspecified atom stereocenters. The van der Waals surface area contributed by atoms with Crippen LogP contribution in [-0.4, -0.2) is 11.6 Å². The Morgan fingerprint density at radius 2 is 0.633 bits per heavy atom. The van der Waals surface area contributed by atoms with E-state index in [2.05, 4.69) is 25.7 Å². The van der Waals surface area contributed by atoms with Gasteiger partial charge in [0.05, 0.1) is 0 Å². The summed E-state index contributed by atoms with van der Waals surface area (Å²) in [5, 5.41) is 0. The molecule has 0 aliphatic heterocycles. The van der Waals surface area contributed by atoms with Crippen LogP contribution in [0.25, 0.3) is 0 Å². The quantitative estimate of drug-likeness (QED) is 0.1000. The molecule has 0 aromatic carbocycles. The summed E-state index contributed by atoms with van der Waals surface area (Å²) in [5.74, 6) is 4.99. The minimum absolute atomic E-state index is 0.0639. The van der Waals surface area contributed by atoms with Gasteiger partial charge in [0.25, 0.3) is 0 Å². The monoisotopic (exact) mass is 418 g/mol. The van der Waals surface area contributed by atoms with Crippen molar-refractivity contribution in [2.45, 2.75) is 155 Å². The van der Waals surface area contributed by atoms with E-state index in [-0.39, 0.29) is 11.6 Å². The zero-order valence-electron chi connectivity index (χ0n) is 20.4. The van der Waals surface area contributed by atoms with Gasteiger partial charge in [0, 0.05) is 12.8 Å². The van der Waals surface area contributed by atoms with Crippen LogP contribution in [0.5, 0.6) is 0 Å². The van der Waals surface area contributed by atoms with Crippen molar-refractivity contribution in [1.29, 1.82) is 0 Å². The third-order valence-corrected chi connectivity index (χ3v) is 5.86. The molecule has 0 aliphatic carbocycles. The van der Waals surface area contributed by atoms with Crippen molar-refractivity contribution in [3.8, 4) is 11.8 Å². The average Bonchev–Trinajstić information content (AvgIpc) is 2.75. The molecule has 0 aromatic heterocycles. The molecule has 0 saturated heterocycles. The number of carbonyl (C=O) groups excluding carboxylic acids is 2. The molecule has 2 heteroatoms. The standard InChI is InChI=1S/C28H50O2/c1-3-5-7-9-11-13-15-17-19-21-23-27(29)25-26-28(30)24-22-20-18-16-14-12-10-8-6-4-2/h3-24H2,1-2H3. The van der Waals surface area contributed by atoms with Crippen LogP contribution in [-0.2, 0) is 9.59 Å². The average molecular weight is 419 g/mol. The summed E-state index contributed by atoms with van der Waals surface area (Å²) >= 11 is 0. The second-order valence-corrected chi connectivity index (χ2v) is 8.96. The van der Waals surface area contributed by atoms with E-state index in [9.17, 15) is 9.59 Å². The molecule has 0 fully saturated rings. The first-order valence-corrected chi connectivity index (χ1v) is 13.3. The fraction of sp³-hybridized carbons (Fsp3) is 0.857. The molecule has 174 valence electrons. The van der Waals surface area contributed by atoms with E-state index in [1.807, 2.05) is 0 Å². The summed E-state index contributed by atoms with van der Waals surface area (Å²) in [6.45, 7) is 4.50. The molecule has 0 spiro atoms. The lowest BCUT2D eigenvalue weighted by molar-refractivity contribution is -0.115. The molecule has 2 nitrogen and oxygen atoms in total. The maximum Gasteiger partial charge on any atom is 0.205 e. The summed E-state index contributed by atoms with van der Waals surface area (Å²) in [7, 11) is 0. The Kier molecular flexibility index (Phi) is 23.3. The lowest BCUT2D eigenvalue weighted by Gasteiger charge is -2.01. The van der Waals surface area contributed by atoms with Crippen molar-refractivity contribution in [2.75, 3.05) is 0 Å². The molecule has 30 heavy (non-hydrogen) atoms. The SMILES string of the molecule is CCCCCCCCCCCCC(=O)C#CC(=O)CCCCCCCCCCCC. The van der Waals surface area contributed by atoms with Gasteiger partial charge in [-0.15, -0.1) is 0 Å². The van der Waals surface area contributed by atoms with E-state index in [1.165, 1.54) is 103 Å². The Balaban J connectivity index is 3.45. The highest BCUT2D eigenvalue weighted by molar-refractivity contribution is 6.04. The Labute approximate surface area is 188 Å². The van der Waals surface area contributed by atoms with Crippen molar-refractivity contribution in [1.82, 2.24) is 0 Å². The van der Waals surface area contributed by atoms with Crippen molar-refractivity contribution in [2.24, 2.45) is 0 Å². The number of unbranched alkanes of at least 4 members (excludes halogenated alkanes) is 18. The summed E-state index contributed by atoms with van der Waals surface area (Å²) in [4.78, 5) is 23.6. The normalized spacial score (nSPS) is 10.6. The van der Waals surface area contributed by atoms with Crippen LogP contribution in [0.2, 0.25) is 0 Å². The molecule has 0 bridgehead atoms. The van der Waals surface area contributed by atoms with E-state index in [1.54, 1.807) is 0 Å². The summed E-state index contributed by atoms with van der Waals surface area (Å²) in [5.41, 5.74) is 0. The van der Waals surface area contributed by atoms with Gasteiger partial charge < -0.3 is 0 Å². The number of Topliss-reactive ketones (excluding diaryl/α,β-unsaturated/α-hetero) is 2. The molecular formula is C28H50O2. The first-order valence-electron chi connectivity index (χ1n) is 13.3. The van der Waals surface area contributed by atoms with Gasteiger partial charge in [-0.25, -0.2) is 0 Å². The molecule has 0 atom stereocenters. The molecule has 0 aliphatic rings.